The number of amides is 1. The molecule has 1 aliphatic heterocycles. The van der Waals surface area contributed by atoms with Crippen LogP contribution in [0, 0.1) is 5.92 Å². The van der Waals surface area contributed by atoms with E-state index < -0.39 is 6.04 Å². The molecule has 0 spiro atoms. The van der Waals surface area contributed by atoms with E-state index in [2.05, 4.69) is 0 Å². The minimum Gasteiger partial charge on any atom is -0.459 e. The molecule has 4 rings (SSSR count). The lowest BCUT2D eigenvalue weighted by Crippen LogP contribution is -2.46. The predicted molar refractivity (Wildman–Crippen MR) is 113 cm³/mol. The van der Waals surface area contributed by atoms with Gasteiger partial charge in [-0.25, -0.2) is 4.79 Å². The van der Waals surface area contributed by atoms with E-state index >= 15 is 0 Å². The molecular formula is C25H27NO3. The van der Waals surface area contributed by atoms with Crippen LogP contribution in [-0.4, -0.2) is 28.9 Å². The number of fused-ring (bicyclic) bond motifs is 1. The van der Waals surface area contributed by atoms with E-state index in [0.717, 1.165) is 30.4 Å². The zero-order valence-electron chi connectivity index (χ0n) is 16.6. The Morgan fingerprint density at radius 3 is 2.41 bits per heavy atom. The zero-order chi connectivity index (χ0) is 20.1. The molecule has 1 amide bonds. The van der Waals surface area contributed by atoms with Gasteiger partial charge in [0.05, 0.1) is 0 Å². The number of rotatable bonds is 5. The molecule has 0 aromatic heterocycles. The summed E-state index contributed by atoms with van der Waals surface area (Å²) in [5.74, 6) is 0.0155. The van der Waals surface area contributed by atoms with Crippen molar-refractivity contribution in [3.63, 3.8) is 0 Å². The summed E-state index contributed by atoms with van der Waals surface area (Å²) in [6, 6.07) is 19.1. The third kappa shape index (κ3) is 4.58. The van der Waals surface area contributed by atoms with Crippen molar-refractivity contribution in [1.82, 2.24) is 4.90 Å². The summed E-state index contributed by atoms with van der Waals surface area (Å²) in [5, 5.41) is 0. The van der Waals surface area contributed by atoms with Gasteiger partial charge in [0.2, 0.25) is 5.91 Å². The van der Waals surface area contributed by atoms with Crippen LogP contribution in [0.5, 0.6) is 0 Å². The number of nitrogens with zero attached hydrogens (tertiary/aromatic N) is 1. The van der Waals surface area contributed by atoms with Crippen LogP contribution in [0.1, 0.15) is 43.2 Å². The van der Waals surface area contributed by atoms with Gasteiger partial charge in [-0.3, -0.25) is 4.79 Å². The van der Waals surface area contributed by atoms with Crippen molar-refractivity contribution in [2.24, 2.45) is 5.92 Å². The van der Waals surface area contributed by atoms with Crippen molar-refractivity contribution in [3.05, 3.63) is 77.9 Å². The smallest absolute Gasteiger partial charge is 0.329 e. The fraction of sp³-hybridized carbons (Fsp3) is 0.360. The van der Waals surface area contributed by atoms with Gasteiger partial charge in [-0.2, -0.15) is 0 Å². The van der Waals surface area contributed by atoms with E-state index in [0.29, 0.717) is 12.3 Å². The van der Waals surface area contributed by atoms with Gasteiger partial charge in [-0.1, -0.05) is 73.5 Å². The van der Waals surface area contributed by atoms with E-state index in [-0.39, 0.29) is 24.5 Å². The lowest BCUT2D eigenvalue weighted by molar-refractivity contribution is -0.154. The van der Waals surface area contributed by atoms with Crippen LogP contribution in [-0.2, 0) is 20.9 Å². The van der Waals surface area contributed by atoms with Gasteiger partial charge in [0.25, 0.3) is 0 Å². The second kappa shape index (κ2) is 9.08. The summed E-state index contributed by atoms with van der Waals surface area (Å²) >= 11 is 0. The molecule has 0 radical (unpaired) electrons. The van der Waals surface area contributed by atoms with Crippen molar-refractivity contribution < 1.29 is 14.3 Å². The highest BCUT2D eigenvalue weighted by atomic mass is 16.5. The number of benzene rings is 2. The van der Waals surface area contributed by atoms with E-state index in [1.165, 1.54) is 6.42 Å². The van der Waals surface area contributed by atoms with Gasteiger partial charge in [-0.05, 0) is 42.4 Å². The maximum absolute atomic E-state index is 13.1. The first-order valence-electron chi connectivity index (χ1n) is 10.5. The van der Waals surface area contributed by atoms with Crippen molar-refractivity contribution >= 4 is 18.0 Å². The lowest BCUT2D eigenvalue weighted by atomic mass is 9.85. The van der Waals surface area contributed by atoms with Gasteiger partial charge < -0.3 is 9.64 Å². The van der Waals surface area contributed by atoms with E-state index in [4.69, 9.17) is 4.74 Å². The molecule has 1 saturated heterocycles. The third-order valence-electron chi connectivity index (χ3n) is 6.06. The Morgan fingerprint density at radius 2 is 1.66 bits per heavy atom. The highest BCUT2D eigenvalue weighted by Crippen LogP contribution is 2.40. The van der Waals surface area contributed by atoms with Gasteiger partial charge in [0.15, 0.2) is 0 Å². The molecule has 0 bridgehead atoms. The Bertz CT molecular complexity index is 862. The molecule has 0 N–H and O–H groups in total. The number of ether oxygens (including phenoxy) is 1. The van der Waals surface area contributed by atoms with E-state index in [1.54, 1.807) is 11.0 Å². The third-order valence-corrected chi connectivity index (χ3v) is 6.06. The molecule has 3 unspecified atom stereocenters. The monoisotopic (exact) mass is 389 g/mol. The number of carbonyl (C=O) groups excluding carboxylic acids is 2. The topological polar surface area (TPSA) is 46.6 Å². The quantitative estimate of drug-likeness (QED) is 0.554. The van der Waals surface area contributed by atoms with Crippen LogP contribution >= 0.6 is 0 Å². The van der Waals surface area contributed by atoms with Crippen molar-refractivity contribution in [2.45, 2.75) is 50.8 Å². The molecule has 3 atom stereocenters. The second-order valence-corrected chi connectivity index (χ2v) is 7.95. The Morgan fingerprint density at radius 1 is 0.966 bits per heavy atom. The van der Waals surface area contributed by atoms with Crippen molar-refractivity contribution in [3.8, 4) is 0 Å². The van der Waals surface area contributed by atoms with Crippen molar-refractivity contribution in [2.75, 3.05) is 0 Å². The fourth-order valence-corrected chi connectivity index (χ4v) is 4.63. The normalized spacial score (nSPS) is 23.7. The number of carbonyl (C=O) groups is 2. The highest BCUT2D eigenvalue weighted by molar-refractivity contribution is 5.95. The maximum atomic E-state index is 13.1. The van der Waals surface area contributed by atoms with Crippen LogP contribution in [0.15, 0.2) is 66.7 Å². The first kappa shape index (κ1) is 19.4. The Kier molecular flexibility index (Phi) is 6.09. The van der Waals surface area contributed by atoms with Crippen LogP contribution in [0.3, 0.4) is 0 Å². The summed E-state index contributed by atoms with van der Waals surface area (Å²) in [5.41, 5.74) is 1.93. The minimum atomic E-state index is -0.486. The maximum Gasteiger partial charge on any atom is 0.329 e. The molecule has 29 heavy (non-hydrogen) atoms. The first-order valence-corrected chi connectivity index (χ1v) is 10.5. The standard InChI is InChI=1S/C25H27NO3/c27-24(16-15-19-9-3-1-4-10-19)26-22-14-8-7-13-21(22)17-23(26)25(28)29-18-20-11-5-2-6-12-20/h1-6,9-12,15-16,21-23H,7-8,13-14,17-18H2/b16-15+. The molecule has 2 aromatic rings. The summed E-state index contributed by atoms with van der Waals surface area (Å²) in [7, 11) is 0. The largest absolute Gasteiger partial charge is 0.459 e. The highest BCUT2D eigenvalue weighted by Gasteiger charge is 2.47. The zero-order valence-corrected chi connectivity index (χ0v) is 16.6. The average Bonchev–Trinajstić information content (AvgIpc) is 3.17. The fourth-order valence-electron chi connectivity index (χ4n) is 4.63. The van der Waals surface area contributed by atoms with Crippen LogP contribution in [0.25, 0.3) is 6.08 Å². The molecule has 4 heteroatoms. The molecule has 1 saturated carbocycles. The lowest BCUT2D eigenvalue weighted by Gasteiger charge is -2.32. The summed E-state index contributed by atoms with van der Waals surface area (Å²) in [6.07, 6.45) is 8.48. The molecule has 4 nitrogen and oxygen atoms in total. The Hall–Kier alpha value is -2.88. The molecule has 2 fully saturated rings. The van der Waals surface area contributed by atoms with Gasteiger partial charge in [0.1, 0.15) is 12.6 Å². The van der Waals surface area contributed by atoms with E-state index in [9.17, 15) is 9.59 Å². The Balaban J connectivity index is 1.48. The molecule has 1 heterocycles. The first-order chi connectivity index (χ1) is 14.2. The molecular weight excluding hydrogens is 362 g/mol. The number of likely N-dealkylation sites (tertiary alicyclic amines) is 1. The molecule has 2 aromatic carbocycles. The van der Waals surface area contributed by atoms with Crippen LogP contribution in [0.2, 0.25) is 0 Å². The summed E-state index contributed by atoms with van der Waals surface area (Å²) < 4.78 is 5.60. The SMILES string of the molecule is O=C(OCc1ccccc1)C1CC2CCCCC2N1C(=O)/C=C/c1ccccc1. The van der Waals surface area contributed by atoms with Crippen LogP contribution < -0.4 is 0 Å². The van der Waals surface area contributed by atoms with Gasteiger partial charge >= 0.3 is 5.97 Å². The average molecular weight is 389 g/mol. The van der Waals surface area contributed by atoms with Gasteiger partial charge in [0, 0.05) is 12.1 Å². The number of hydrogen-bond acceptors (Lipinski definition) is 3. The summed E-state index contributed by atoms with van der Waals surface area (Å²) in [4.78, 5) is 27.8. The molecule has 150 valence electrons. The predicted octanol–water partition coefficient (Wildman–Crippen LogP) is 4.60. The minimum absolute atomic E-state index is 0.0927. The van der Waals surface area contributed by atoms with Crippen molar-refractivity contribution in [1.29, 1.82) is 0 Å². The Labute approximate surface area is 172 Å². The molecule has 1 aliphatic carbocycles. The van der Waals surface area contributed by atoms with Gasteiger partial charge in [-0.15, -0.1) is 0 Å². The van der Waals surface area contributed by atoms with Crippen LogP contribution in [0.4, 0.5) is 0 Å². The molecule has 2 aliphatic rings. The second-order valence-electron chi connectivity index (χ2n) is 7.95. The number of esters is 1. The number of hydrogen-bond donors (Lipinski definition) is 0. The van der Waals surface area contributed by atoms with E-state index in [1.807, 2.05) is 66.7 Å². The summed E-state index contributed by atoms with van der Waals surface area (Å²) in [6.45, 7) is 0.243.